The van der Waals surface area contributed by atoms with E-state index in [9.17, 15) is 9.59 Å². The van der Waals surface area contributed by atoms with Gasteiger partial charge < -0.3 is 5.32 Å². The molecule has 1 N–H and O–H groups in total. The number of nitrogens with one attached hydrogen (secondary N) is 1. The Morgan fingerprint density at radius 3 is 2.63 bits per heavy atom. The summed E-state index contributed by atoms with van der Waals surface area (Å²) in [5.74, 6) is -0.0409. The van der Waals surface area contributed by atoms with Gasteiger partial charge >= 0.3 is 0 Å². The lowest BCUT2D eigenvalue weighted by atomic mass is 9.85. The van der Waals surface area contributed by atoms with Crippen molar-refractivity contribution in [3.63, 3.8) is 0 Å². The van der Waals surface area contributed by atoms with Gasteiger partial charge in [0.1, 0.15) is 5.82 Å². The highest BCUT2D eigenvalue weighted by molar-refractivity contribution is 7.12. The molecule has 1 aliphatic rings. The fraction of sp³-hybridized carbons (Fsp3) is 0.286. The number of para-hydroxylation sites is 1. The number of hydrogen-bond acceptors (Lipinski definition) is 4. The third-order valence-electron chi connectivity index (χ3n) is 5.07. The highest BCUT2D eigenvalue weighted by Crippen LogP contribution is 2.39. The summed E-state index contributed by atoms with van der Waals surface area (Å²) in [5, 5.41) is 7.61. The van der Waals surface area contributed by atoms with Crippen LogP contribution in [-0.2, 0) is 4.79 Å². The molecule has 0 saturated heterocycles. The van der Waals surface area contributed by atoms with Crippen LogP contribution in [0, 0.1) is 27.7 Å². The molecule has 138 valence electrons. The number of benzene rings is 1. The maximum absolute atomic E-state index is 13.3. The van der Waals surface area contributed by atoms with E-state index in [1.807, 2.05) is 58.0 Å². The van der Waals surface area contributed by atoms with Crippen LogP contribution in [0.25, 0.3) is 5.69 Å². The van der Waals surface area contributed by atoms with Gasteiger partial charge in [0, 0.05) is 27.3 Å². The topological polar surface area (TPSA) is 64.0 Å². The molecule has 3 heterocycles. The molecule has 1 aliphatic heterocycles. The first kappa shape index (κ1) is 17.7. The average Bonchev–Trinajstić information content (AvgIpc) is 3.13. The van der Waals surface area contributed by atoms with Crippen LogP contribution in [0.1, 0.15) is 49.3 Å². The Labute approximate surface area is 162 Å². The number of fused-ring (bicyclic) bond motifs is 1. The monoisotopic (exact) mass is 379 g/mol. The van der Waals surface area contributed by atoms with Gasteiger partial charge in [-0.05, 0) is 45.4 Å². The van der Waals surface area contributed by atoms with Crippen molar-refractivity contribution in [2.45, 2.75) is 40.0 Å². The fourth-order valence-electron chi connectivity index (χ4n) is 3.81. The lowest BCUT2D eigenvalue weighted by Crippen LogP contribution is -2.28. The second-order valence-corrected chi connectivity index (χ2v) is 8.50. The quantitative estimate of drug-likeness (QED) is 0.683. The Balaban J connectivity index is 1.86. The third-order valence-corrected chi connectivity index (χ3v) is 6.04. The van der Waals surface area contributed by atoms with Gasteiger partial charge in [-0.3, -0.25) is 9.59 Å². The molecular weight excluding hydrogens is 358 g/mol. The van der Waals surface area contributed by atoms with Crippen LogP contribution in [0.5, 0.6) is 0 Å². The number of Topliss-reactive ketones (excluding diaryl/α,β-unsaturated/α-hetero) is 1. The molecule has 1 unspecified atom stereocenters. The first-order valence-corrected chi connectivity index (χ1v) is 9.75. The number of rotatable bonds is 3. The van der Waals surface area contributed by atoms with E-state index in [0.29, 0.717) is 11.4 Å². The van der Waals surface area contributed by atoms with E-state index in [0.717, 1.165) is 32.3 Å². The molecule has 1 amide bonds. The molecule has 6 heteroatoms. The van der Waals surface area contributed by atoms with E-state index in [1.165, 1.54) is 0 Å². The molecule has 0 fully saturated rings. The van der Waals surface area contributed by atoms with E-state index in [-0.39, 0.29) is 18.1 Å². The van der Waals surface area contributed by atoms with E-state index < -0.39 is 5.92 Å². The molecule has 3 aromatic rings. The van der Waals surface area contributed by atoms with Gasteiger partial charge in [-0.1, -0.05) is 18.2 Å². The molecule has 1 atom stereocenters. The number of aryl methyl sites for hydroxylation is 4. The second-order valence-electron chi connectivity index (χ2n) is 7.04. The minimum atomic E-state index is -0.501. The first-order valence-electron chi connectivity index (χ1n) is 8.93. The Morgan fingerprint density at radius 1 is 1.22 bits per heavy atom. The molecule has 27 heavy (non-hydrogen) atoms. The Bertz CT molecular complexity index is 1080. The molecule has 1 aromatic carbocycles. The number of aromatic nitrogens is 2. The molecular formula is C21H21N3O2S. The lowest BCUT2D eigenvalue weighted by Gasteiger charge is -2.23. The zero-order chi connectivity index (χ0) is 19.3. The van der Waals surface area contributed by atoms with E-state index in [4.69, 9.17) is 0 Å². The number of amides is 1. The van der Waals surface area contributed by atoms with Gasteiger partial charge in [0.05, 0.1) is 17.3 Å². The summed E-state index contributed by atoms with van der Waals surface area (Å²) in [6.45, 7) is 7.85. The van der Waals surface area contributed by atoms with Gasteiger partial charge in [-0.25, -0.2) is 4.68 Å². The molecule has 0 bridgehead atoms. The number of hydrogen-bond donors (Lipinski definition) is 1. The van der Waals surface area contributed by atoms with Crippen LogP contribution in [0.2, 0.25) is 0 Å². The summed E-state index contributed by atoms with van der Waals surface area (Å²) in [5.41, 5.74) is 4.26. The summed E-state index contributed by atoms with van der Waals surface area (Å²) < 4.78 is 1.75. The number of ketones is 1. The summed E-state index contributed by atoms with van der Waals surface area (Å²) in [6, 6.07) is 9.80. The van der Waals surface area contributed by atoms with Gasteiger partial charge in [-0.15, -0.1) is 11.3 Å². The number of nitrogens with zero attached hydrogens (tertiary/aromatic N) is 2. The van der Waals surface area contributed by atoms with Crippen molar-refractivity contribution in [1.82, 2.24) is 9.78 Å². The van der Waals surface area contributed by atoms with Crippen molar-refractivity contribution in [1.29, 1.82) is 0 Å². The van der Waals surface area contributed by atoms with Crippen LogP contribution in [-0.4, -0.2) is 21.5 Å². The van der Waals surface area contributed by atoms with Crippen LogP contribution in [0.4, 0.5) is 5.82 Å². The van der Waals surface area contributed by atoms with Crippen molar-refractivity contribution in [2.75, 3.05) is 5.32 Å². The van der Waals surface area contributed by atoms with E-state index >= 15 is 0 Å². The normalized spacial score (nSPS) is 16.1. The predicted octanol–water partition coefficient (Wildman–Crippen LogP) is 4.48. The maximum Gasteiger partial charge on any atom is 0.226 e. The summed E-state index contributed by atoms with van der Waals surface area (Å²) in [7, 11) is 0. The molecule has 0 saturated carbocycles. The zero-order valence-electron chi connectivity index (χ0n) is 15.8. The van der Waals surface area contributed by atoms with E-state index in [2.05, 4.69) is 10.4 Å². The average molecular weight is 379 g/mol. The lowest BCUT2D eigenvalue weighted by molar-refractivity contribution is -0.116. The molecule has 5 nitrogen and oxygen atoms in total. The number of thiophene rings is 1. The molecule has 0 aliphatic carbocycles. The second kappa shape index (κ2) is 6.46. The highest BCUT2D eigenvalue weighted by Gasteiger charge is 2.37. The number of carbonyl (C=O) groups is 2. The van der Waals surface area contributed by atoms with Crippen LogP contribution in [0.3, 0.4) is 0 Å². The van der Waals surface area contributed by atoms with Crippen molar-refractivity contribution < 1.29 is 9.59 Å². The van der Waals surface area contributed by atoms with Crippen molar-refractivity contribution in [2.24, 2.45) is 0 Å². The summed E-state index contributed by atoms with van der Waals surface area (Å²) in [4.78, 5) is 27.8. The predicted molar refractivity (Wildman–Crippen MR) is 107 cm³/mol. The minimum absolute atomic E-state index is 0.000355. The standard InChI is InChI=1S/C21H21N3O2S/c1-11-7-5-6-8-17(11)24-21-19(13(3)23-24)16(10-18(25)22-21)20(26)15-9-12(2)27-14(15)4/h5-9,16H,10H2,1-4H3,(H,22,25). The van der Waals surface area contributed by atoms with Crippen LogP contribution >= 0.6 is 11.3 Å². The van der Waals surface area contributed by atoms with Gasteiger partial charge in [0.15, 0.2) is 5.78 Å². The first-order chi connectivity index (χ1) is 12.9. The smallest absolute Gasteiger partial charge is 0.226 e. The third kappa shape index (κ3) is 2.90. The van der Waals surface area contributed by atoms with Crippen molar-refractivity contribution in [3.05, 3.63) is 62.5 Å². The molecule has 2 aromatic heterocycles. The Kier molecular flexibility index (Phi) is 4.23. The SMILES string of the molecule is Cc1cc(C(=O)C2CC(=O)Nc3c2c(C)nn3-c2ccccc2C)c(C)s1. The van der Waals surface area contributed by atoms with Crippen molar-refractivity contribution >= 4 is 28.8 Å². The number of carbonyl (C=O) groups excluding carboxylic acids is 2. The Hall–Kier alpha value is -2.73. The van der Waals surface area contributed by atoms with Gasteiger partial charge in [0.25, 0.3) is 0 Å². The summed E-state index contributed by atoms with van der Waals surface area (Å²) >= 11 is 1.61. The molecule has 0 spiro atoms. The van der Waals surface area contributed by atoms with E-state index in [1.54, 1.807) is 16.0 Å². The van der Waals surface area contributed by atoms with Crippen LogP contribution < -0.4 is 5.32 Å². The van der Waals surface area contributed by atoms with Crippen LogP contribution in [0.15, 0.2) is 30.3 Å². The van der Waals surface area contributed by atoms with Crippen molar-refractivity contribution in [3.8, 4) is 5.69 Å². The minimum Gasteiger partial charge on any atom is -0.310 e. The largest absolute Gasteiger partial charge is 0.310 e. The Morgan fingerprint density at radius 2 is 1.96 bits per heavy atom. The molecule has 4 rings (SSSR count). The van der Waals surface area contributed by atoms with Gasteiger partial charge in [-0.2, -0.15) is 5.10 Å². The summed E-state index contributed by atoms with van der Waals surface area (Å²) in [6.07, 6.45) is 0.153. The van der Waals surface area contributed by atoms with Gasteiger partial charge in [0.2, 0.25) is 5.91 Å². The zero-order valence-corrected chi connectivity index (χ0v) is 16.6. The number of anilines is 1. The molecule has 0 radical (unpaired) electrons. The fourth-order valence-corrected chi connectivity index (χ4v) is 4.74. The maximum atomic E-state index is 13.3. The highest BCUT2D eigenvalue weighted by atomic mass is 32.1.